The number of hydrogen-bond acceptors (Lipinski definition) is 3. The van der Waals surface area contributed by atoms with Gasteiger partial charge in [0.2, 0.25) is 5.91 Å². The maximum Gasteiger partial charge on any atom is 0.323 e. The van der Waals surface area contributed by atoms with E-state index in [1.807, 2.05) is 0 Å². The lowest BCUT2D eigenvalue weighted by Crippen LogP contribution is -2.32. The number of benzene rings is 1. The average Bonchev–Trinajstić information content (AvgIpc) is 2.35. The van der Waals surface area contributed by atoms with E-state index in [1.54, 1.807) is 6.07 Å². The molecule has 0 bridgehead atoms. The quantitative estimate of drug-likeness (QED) is 0.845. The predicted molar refractivity (Wildman–Crippen MR) is 66.5 cm³/mol. The Balaban J connectivity index is 2.55. The summed E-state index contributed by atoms with van der Waals surface area (Å²) in [7, 11) is 2.80. The number of nitrogens with zero attached hydrogens (tertiary/aromatic N) is 1. The van der Waals surface area contributed by atoms with Crippen LogP contribution in [-0.2, 0) is 16.0 Å². The fraction of sp³-hybridized carbons (Fsp3) is 0.385. The molecular weight excluding hydrogens is 253 g/mol. The standard InChI is InChI=1S/C13H16FNO4/c1-15(8-13(17)18)12(16)6-4-9-3-5-11(19-2)10(14)7-9/h3,5,7H,4,6,8H2,1-2H3,(H,17,18). The van der Waals surface area contributed by atoms with Crippen LogP contribution < -0.4 is 4.74 Å². The van der Waals surface area contributed by atoms with Gasteiger partial charge in [0.1, 0.15) is 6.54 Å². The van der Waals surface area contributed by atoms with Crippen molar-refractivity contribution >= 4 is 11.9 Å². The first-order chi connectivity index (χ1) is 8.93. The van der Waals surface area contributed by atoms with Crippen LogP contribution in [0.25, 0.3) is 0 Å². The highest BCUT2D eigenvalue weighted by Gasteiger charge is 2.12. The molecule has 0 aliphatic heterocycles. The van der Waals surface area contributed by atoms with E-state index in [9.17, 15) is 14.0 Å². The van der Waals surface area contributed by atoms with Crippen molar-refractivity contribution in [3.05, 3.63) is 29.6 Å². The number of aliphatic carboxylic acids is 1. The largest absolute Gasteiger partial charge is 0.494 e. The zero-order valence-corrected chi connectivity index (χ0v) is 10.9. The van der Waals surface area contributed by atoms with Crippen LogP contribution in [-0.4, -0.2) is 42.6 Å². The van der Waals surface area contributed by atoms with E-state index in [4.69, 9.17) is 9.84 Å². The minimum Gasteiger partial charge on any atom is -0.494 e. The van der Waals surface area contributed by atoms with Gasteiger partial charge in [-0.15, -0.1) is 0 Å². The first-order valence-corrected chi connectivity index (χ1v) is 5.72. The fourth-order valence-electron chi connectivity index (χ4n) is 1.60. The third-order valence-electron chi connectivity index (χ3n) is 2.64. The van der Waals surface area contributed by atoms with Crippen molar-refractivity contribution < 1.29 is 23.8 Å². The van der Waals surface area contributed by atoms with Crippen molar-refractivity contribution in [1.82, 2.24) is 4.90 Å². The van der Waals surface area contributed by atoms with Crippen LogP contribution in [0.2, 0.25) is 0 Å². The van der Waals surface area contributed by atoms with Gasteiger partial charge in [-0.25, -0.2) is 4.39 Å². The summed E-state index contributed by atoms with van der Waals surface area (Å²) >= 11 is 0. The Bertz CT molecular complexity index is 476. The molecule has 1 aromatic rings. The lowest BCUT2D eigenvalue weighted by atomic mass is 10.1. The van der Waals surface area contributed by atoms with Gasteiger partial charge in [-0.1, -0.05) is 6.07 Å². The highest BCUT2D eigenvalue weighted by atomic mass is 19.1. The number of ether oxygens (including phenoxy) is 1. The number of carboxylic acids is 1. The molecule has 0 heterocycles. The number of methoxy groups -OCH3 is 1. The minimum atomic E-state index is -1.06. The molecule has 0 spiro atoms. The molecule has 1 amide bonds. The summed E-state index contributed by atoms with van der Waals surface area (Å²) in [5.74, 6) is -1.69. The van der Waals surface area contributed by atoms with E-state index >= 15 is 0 Å². The van der Waals surface area contributed by atoms with E-state index in [-0.39, 0.29) is 24.6 Å². The van der Waals surface area contributed by atoms with Crippen molar-refractivity contribution in [2.75, 3.05) is 20.7 Å². The molecule has 0 saturated heterocycles. The second-order valence-corrected chi connectivity index (χ2v) is 4.11. The number of hydrogen-bond donors (Lipinski definition) is 1. The molecule has 6 heteroatoms. The number of rotatable bonds is 6. The monoisotopic (exact) mass is 269 g/mol. The molecule has 0 aliphatic rings. The van der Waals surface area contributed by atoms with Gasteiger partial charge in [-0.2, -0.15) is 0 Å². The van der Waals surface area contributed by atoms with E-state index in [1.165, 1.54) is 26.3 Å². The molecule has 0 saturated carbocycles. The van der Waals surface area contributed by atoms with Crippen molar-refractivity contribution in [2.45, 2.75) is 12.8 Å². The Morgan fingerprint density at radius 2 is 2.11 bits per heavy atom. The zero-order chi connectivity index (χ0) is 14.4. The molecule has 0 radical (unpaired) electrons. The van der Waals surface area contributed by atoms with Gasteiger partial charge in [0.05, 0.1) is 7.11 Å². The molecule has 5 nitrogen and oxygen atoms in total. The maximum absolute atomic E-state index is 13.4. The first kappa shape index (κ1) is 14.9. The Labute approximate surface area is 110 Å². The zero-order valence-electron chi connectivity index (χ0n) is 10.9. The van der Waals surface area contributed by atoms with Gasteiger partial charge in [0, 0.05) is 13.5 Å². The first-order valence-electron chi connectivity index (χ1n) is 5.72. The van der Waals surface area contributed by atoms with Crippen LogP contribution in [0, 0.1) is 5.82 Å². The van der Waals surface area contributed by atoms with Crippen molar-refractivity contribution in [3.63, 3.8) is 0 Å². The van der Waals surface area contributed by atoms with Gasteiger partial charge >= 0.3 is 5.97 Å². The molecule has 1 rings (SSSR count). The van der Waals surface area contributed by atoms with Gasteiger partial charge in [-0.05, 0) is 24.1 Å². The van der Waals surface area contributed by atoms with Crippen LogP contribution in [0.4, 0.5) is 4.39 Å². The molecular formula is C13H16FNO4. The van der Waals surface area contributed by atoms with E-state index in [0.29, 0.717) is 12.0 Å². The number of carboxylic acid groups (broad SMARTS) is 1. The van der Waals surface area contributed by atoms with E-state index < -0.39 is 11.8 Å². The van der Waals surface area contributed by atoms with Crippen molar-refractivity contribution in [2.24, 2.45) is 0 Å². The van der Waals surface area contributed by atoms with E-state index in [0.717, 1.165) is 4.90 Å². The SMILES string of the molecule is COc1ccc(CCC(=O)N(C)CC(=O)O)cc1F. The number of halogens is 1. The Morgan fingerprint density at radius 1 is 1.42 bits per heavy atom. The summed E-state index contributed by atoms with van der Waals surface area (Å²) in [6.07, 6.45) is 0.485. The molecule has 0 atom stereocenters. The summed E-state index contributed by atoms with van der Waals surface area (Å²) in [5.41, 5.74) is 0.662. The van der Waals surface area contributed by atoms with Crippen molar-refractivity contribution in [3.8, 4) is 5.75 Å². The Morgan fingerprint density at radius 3 is 2.63 bits per heavy atom. The van der Waals surface area contributed by atoms with Crippen LogP contribution in [0.5, 0.6) is 5.75 Å². The Hall–Kier alpha value is -2.11. The molecule has 0 aliphatic carbocycles. The summed E-state index contributed by atoms with van der Waals surface area (Å²) < 4.78 is 18.2. The highest BCUT2D eigenvalue weighted by molar-refractivity contribution is 5.81. The summed E-state index contributed by atoms with van der Waals surface area (Å²) in [4.78, 5) is 23.2. The van der Waals surface area contributed by atoms with Crippen LogP contribution in [0.1, 0.15) is 12.0 Å². The summed E-state index contributed by atoms with van der Waals surface area (Å²) in [6, 6.07) is 4.48. The topological polar surface area (TPSA) is 66.8 Å². The Kier molecular flexibility index (Phi) is 5.29. The minimum absolute atomic E-state index is 0.134. The number of carbonyl (C=O) groups excluding carboxylic acids is 1. The van der Waals surface area contributed by atoms with Gasteiger partial charge in [0.25, 0.3) is 0 Å². The van der Waals surface area contributed by atoms with Gasteiger partial charge < -0.3 is 14.7 Å². The third-order valence-corrected chi connectivity index (χ3v) is 2.64. The number of likely N-dealkylation sites (N-methyl/N-ethyl adjacent to an activating group) is 1. The molecule has 1 N–H and O–H groups in total. The normalized spacial score (nSPS) is 10.1. The second kappa shape index (κ2) is 6.72. The maximum atomic E-state index is 13.4. The molecule has 1 aromatic carbocycles. The average molecular weight is 269 g/mol. The van der Waals surface area contributed by atoms with Gasteiger partial charge in [0.15, 0.2) is 11.6 Å². The van der Waals surface area contributed by atoms with Crippen LogP contribution in [0.3, 0.4) is 0 Å². The highest BCUT2D eigenvalue weighted by Crippen LogP contribution is 2.18. The summed E-state index contributed by atoms with van der Waals surface area (Å²) in [5, 5.41) is 8.55. The third kappa shape index (κ3) is 4.57. The van der Waals surface area contributed by atoms with Gasteiger partial charge in [-0.3, -0.25) is 9.59 Å². The summed E-state index contributed by atoms with van der Waals surface area (Å²) in [6.45, 7) is -0.337. The second-order valence-electron chi connectivity index (χ2n) is 4.11. The molecule has 0 aromatic heterocycles. The smallest absolute Gasteiger partial charge is 0.323 e. The predicted octanol–water partition coefficient (Wildman–Crippen LogP) is 1.31. The molecule has 0 fully saturated rings. The lowest BCUT2D eigenvalue weighted by Gasteiger charge is -2.14. The number of carbonyl (C=O) groups is 2. The van der Waals surface area contributed by atoms with Crippen molar-refractivity contribution in [1.29, 1.82) is 0 Å². The van der Waals surface area contributed by atoms with E-state index in [2.05, 4.69) is 0 Å². The molecule has 0 unspecified atom stereocenters. The number of aryl methyl sites for hydroxylation is 1. The van der Waals surface area contributed by atoms with Crippen LogP contribution >= 0.6 is 0 Å². The lowest BCUT2D eigenvalue weighted by molar-refractivity contribution is -0.143. The fourth-order valence-corrected chi connectivity index (χ4v) is 1.60. The molecule has 19 heavy (non-hydrogen) atoms. The van der Waals surface area contributed by atoms with Crippen LogP contribution in [0.15, 0.2) is 18.2 Å². The number of amides is 1. The molecule has 104 valence electrons.